The van der Waals surface area contributed by atoms with E-state index in [1.165, 1.54) is 0 Å². The summed E-state index contributed by atoms with van der Waals surface area (Å²) in [7, 11) is 3.50. The molecule has 84 valence electrons. The summed E-state index contributed by atoms with van der Waals surface area (Å²) in [6.07, 6.45) is 1.80. The number of anilines is 1. The van der Waals surface area contributed by atoms with Gasteiger partial charge in [0.25, 0.3) is 0 Å². The van der Waals surface area contributed by atoms with Crippen LogP contribution in [0.3, 0.4) is 0 Å². The number of aromatic nitrogens is 1. The molecule has 1 heterocycles. The Morgan fingerprint density at radius 2 is 2.25 bits per heavy atom. The molecule has 0 aliphatic rings. The summed E-state index contributed by atoms with van der Waals surface area (Å²) >= 11 is 7.48. The van der Waals surface area contributed by atoms with Crippen LogP contribution in [0.5, 0.6) is 5.75 Å². The maximum absolute atomic E-state index is 5.91. The van der Waals surface area contributed by atoms with Crippen LogP contribution in [0.15, 0.2) is 24.4 Å². The number of benzene rings is 1. The molecule has 1 N–H and O–H groups in total. The van der Waals surface area contributed by atoms with Crippen LogP contribution in [0, 0.1) is 0 Å². The zero-order valence-corrected chi connectivity index (χ0v) is 10.5. The molecule has 0 atom stereocenters. The van der Waals surface area contributed by atoms with Crippen molar-refractivity contribution in [1.29, 1.82) is 0 Å². The Hall–Kier alpha value is -1.26. The average Bonchev–Trinajstić information content (AvgIpc) is 2.77. The molecule has 2 rings (SSSR count). The molecule has 0 amide bonds. The lowest BCUT2D eigenvalue weighted by Gasteiger charge is -2.05. The van der Waals surface area contributed by atoms with E-state index >= 15 is 0 Å². The summed E-state index contributed by atoms with van der Waals surface area (Å²) in [6, 6.07) is 5.54. The van der Waals surface area contributed by atoms with Gasteiger partial charge in [0.15, 0.2) is 0 Å². The third kappa shape index (κ3) is 2.13. The fourth-order valence-corrected chi connectivity index (χ4v) is 2.32. The van der Waals surface area contributed by atoms with E-state index in [2.05, 4.69) is 10.3 Å². The second-order valence-electron chi connectivity index (χ2n) is 3.12. The van der Waals surface area contributed by atoms with Crippen LogP contribution < -0.4 is 10.1 Å². The molecule has 0 saturated heterocycles. The first kappa shape index (κ1) is 11.2. The third-order valence-corrected chi connectivity index (χ3v) is 3.43. The maximum atomic E-state index is 5.91. The summed E-state index contributed by atoms with van der Waals surface area (Å²) in [5.41, 5.74) is 0.957. The monoisotopic (exact) mass is 254 g/mol. The number of methoxy groups -OCH3 is 1. The molecule has 16 heavy (non-hydrogen) atoms. The number of nitrogens with one attached hydrogen (secondary N) is 1. The van der Waals surface area contributed by atoms with Crippen molar-refractivity contribution in [2.75, 3.05) is 19.5 Å². The Bertz CT molecular complexity index is 498. The number of hydrogen-bond donors (Lipinski definition) is 1. The predicted molar refractivity (Wildman–Crippen MR) is 68.7 cm³/mol. The van der Waals surface area contributed by atoms with Gasteiger partial charge < -0.3 is 10.1 Å². The van der Waals surface area contributed by atoms with Crippen LogP contribution in [0.2, 0.25) is 5.02 Å². The molecule has 5 heteroatoms. The highest BCUT2D eigenvalue weighted by atomic mass is 35.5. The zero-order chi connectivity index (χ0) is 11.5. The molecule has 2 aromatic rings. The van der Waals surface area contributed by atoms with E-state index in [1.54, 1.807) is 30.7 Å². The van der Waals surface area contributed by atoms with E-state index in [0.717, 1.165) is 21.3 Å². The fraction of sp³-hybridized carbons (Fsp3) is 0.182. The number of rotatable bonds is 3. The second kappa shape index (κ2) is 4.72. The van der Waals surface area contributed by atoms with Crippen molar-refractivity contribution in [2.24, 2.45) is 0 Å². The van der Waals surface area contributed by atoms with E-state index in [9.17, 15) is 0 Å². The van der Waals surface area contributed by atoms with E-state index in [1.807, 2.05) is 19.2 Å². The normalized spacial score (nSPS) is 10.2. The van der Waals surface area contributed by atoms with Crippen molar-refractivity contribution in [3.63, 3.8) is 0 Å². The van der Waals surface area contributed by atoms with Gasteiger partial charge >= 0.3 is 0 Å². The summed E-state index contributed by atoms with van der Waals surface area (Å²) < 4.78 is 5.29. The SMILES string of the molecule is CNc1cnc(-c2ccc(Cl)cc2OC)s1. The molecule has 0 aliphatic heterocycles. The first-order valence-electron chi connectivity index (χ1n) is 4.72. The number of thiazole rings is 1. The van der Waals surface area contributed by atoms with E-state index in [0.29, 0.717) is 5.02 Å². The molecule has 0 radical (unpaired) electrons. The zero-order valence-electron chi connectivity index (χ0n) is 8.95. The van der Waals surface area contributed by atoms with Crippen molar-refractivity contribution < 1.29 is 4.74 Å². The van der Waals surface area contributed by atoms with Gasteiger partial charge in [-0.15, -0.1) is 0 Å². The lowest BCUT2D eigenvalue weighted by Crippen LogP contribution is -1.86. The standard InChI is InChI=1S/C11H11ClN2OS/c1-13-10-6-14-11(16-10)8-4-3-7(12)5-9(8)15-2/h3-6,13H,1-2H3. The van der Waals surface area contributed by atoms with Gasteiger partial charge in [-0.2, -0.15) is 0 Å². The van der Waals surface area contributed by atoms with Crippen molar-refractivity contribution >= 4 is 27.9 Å². The van der Waals surface area contributed by atoms with Crippen LogP contribution >= 0.6 is 22.9 Å². The molecule has 1 aromatic carbocycles. The van der Waals surface area contributed by atoms with Crippen LogP contribution in [-0.4, -0.2) is 19.1 Å². The first-order chi connectivity index (χ1) is 7.74. The Balaban J connectivity index is 2.46. The van der Waals surface area contributed by atoms with Crippen molar-refractivity contribution in [1.82, 2.24) is 4.98 Å². The smallest absolute Gasteiger partial charge is 0.130 e. The minimum absolute atomic E-state index is 0.658. The topological polar surface area (TPSA) is 34.2 Å². The molecule has 0 fully saturated rings. The van der Waals surface area contributed by atoms with Gasteiger partial charge in [0, 0.05) is 12.1 Å². The summed E-state index contributed by atoms with van der Waals surface area (Å²) in [6.45, 7) is 0. The largest absolute Gasteiger partial charge is 0.496 e. The molecule has 1 aromatic heterocycles. The molecule has 0 spiro atoms. The van der Waals surface area contributed by atoms with Gasteiger partial charge in [0.05, 0.1) is 18.9 Å². The summed E-state index contributed by atoms with van der Waals surface area (Å²) in [5, 5.41) is 5.65. The van der Waals surface area contributed by atoms with Crippen LogP contribution in [0.1, 0.15) is 0 Å². The van der Waals surface area contributed by atoms with Gasteiger partial charge in [-0.25, -0.2) is 4.98 Å². The number of halogens is 1. The van der Waals surface area contributed by atoms with Gasteiger partial charge in [0.2, 0.25) is 0 Å². The van der Waals surface area contributed by atoms with Crippen molar-refractivity contribution in [3.8, 4) is 16.3 Å². The number of ether oxygens (including phenoxy) is 1. The van der Waals surface area contributed by atoms with Crippen molar-refractivity contribution in [2.45, 2.75) is 0 Å². The Morgan fingerprint density at radius 1 is 1.44 bits per heavy atom. The van der Waals surface area contributed by atoms with Gasteiger partial charge in [0.1, 0.15) is 15.8 Å². The van der Waals surface area contributed by atoms with Gasteiger partial charge in [-0.05, 0) is 18.2 Å². The quantitative estimate of drug-likeness (QED) is 0.910. The molecule has 0 saturated carbocycles. The molecule has 3 nitrogen and oxygen atoms in total. The van der Waals surface area contributed by atoms with Crippen molar-refractivity contribution in [3.05, 3.63) is 29.4 Å². The minimum atomic E-state index is 0.658. The highest BCUT2D eigenvalue weighted by molar-refractivity contribution is 7.18. The predicted octanol–water partition coefficient (Wildman–Crippen LogP) is 3.51. The Kier molecular flexibility index (Phi) is 3.31. The van der Waals surface area contributed by atoms with Gasteiger partial charge in [-0.1, -0.05) is 22.9 Å². The molecule has 0 bridgehead atoms. The van der Waals surface area contributed by atoms with E-state index in [4.69, 9.17) is 16.3 Å². The minimum Gasteiger partial charge on any atom is -0.496 e. The first-order valence-corrected chi connectivity index (χ1v) is 5.91. The highest BCUT2D eigenvalue weighted by Crippen LogP contribution is 2.35. The number of hydrogen-bond acceptors (Lipinski definition) is 4. The Morgan fingerprint density at radius 3 is 2.88 bits per heavy atom. The fourth-order valence-electron chi connectivity index (χ4n) is 1.36. The van der Waals surface area contributed by atoms with Gasteiger partial charge in [-0.3, -0.25) is 0 Å². The summed E-state index contributed by atoms with van der Waals surface area (Å²) in [5.74, 6) is 0.740. The maximum Gasteiger partial charge on any atom is 0.130 e. The van der Waals surface area contributed by atoms with E-state index < -0.39 is 0 Å². The third-order valence-electron chi connectivity index (χ3n) is 2.15. The molecule has 0 aliphatic carbocycles. The Labute approximate surface area is 103 Å². The second-order valence-corrected chi connectivity index (χ2v) is 4.59. The molecular formula is C11H11ClN2OS. The summed E-state index contributed by atoms with van der Waals surface area (Å²) in [4.78, 5) is 4.33. The van der Waals surface area contributed by atoms with E-state index in [-0.39, 0.29) is 0 Å². The van der Waals surface area contributed by atoms with Crippen LogP contribution in [0.4, 0.5) is 5.00 Å². The highest BCUT2D eigenvalue weighted by Gasteiger charge is 2.10. The average molecular weight is 255 g/mol. The number of nitrogens with zero attached hydrogens (tertiary/aromatic N) is 1. The molecular weight excluding hydrogens is 244 g/mol. The van der Waals surface area contributed by atoms with Crippen LogP contribution in [-0.2, 0) is 0 Å². The molecule has 0 unspecified atom stereocenters. The van der Waals surface area contributed by atoms with Crippen LogP contribution in [0.25, 0.3) is 10.6 Å². The lowest BCUT2D eigenvalue weighted by atomic mass is 10.2. The lowest BCUT2D eigenvalue weighted by molar-refractivity contribution is 0.416.